The largest absolute Gasteiger partial charge is 0.444 e. The Morgan fingerprint density at radius 2 is 1.76 bits per heavy atom. The third-order valence-electron chi connectivity index (χ3n) is 4.86. The topological polar surface area (TPSA) is 93.0 Å². The molecular formula is C21H23N3O5. The molecule has 8 heteroatoms. The second kappa shape index (κ2) is 8.72. The number of esters is 1. The van der Waals surface area contributed by atoms with Gasteiger partial charge in [0.25, 0.3) is 11.6 Å². The van der Waals surface area contributed by atoms with E-state index in [1.165, 1.54) is 18.2 Å². The summed E-state index contributed by atoms with van der Waals surface area (Å²) in [7, 11) is 3.36. The summed E-state index contributed by atoms with van der Waals surface area (Å²) in [6.07, 6.45) is 0.744. The van der Waals surface area contributed by atoms with Crippen LogP contribution in [0.1, 0.15) is 34.9 Å². The summed E-state index contributed by atoms with van der Waals surface area (Å²) in [5.41, 5.74) is 0.764. The first-order valence-electron chi connectivity index (χ1n) is 9.39. The van der Waals surface area contributed by atoms with Gasteiger partial charge in [0.05, 0.1) is 10.5 Å². The maximum Gasteiger partial charge on any atom is 0.339 e. The third kappa shape index (κ3) is 4.53. The van der Waals surface area contributed by atoms with Gasteiger partial charge in [0.2, 0.25) is 6.10 Å². The molecule has 8 nitrogen and oxygen atoms in total. The number of carbonyl (C=O) groups excluding carboxylic acids is 2. The lowest BCUT2D eigenvalue weighted by atomic mass is 10.1. The zero-order chi connectivity index (χ0) is 21.0. The van der Waals surface area contributed by atoms with Gasteiger partial charge in [-0.1, -0.05) is 30.3 Å². The van der Waals surface area contributed by atoms with Crippen molar-refractivity contribution in [1.82, 2.24) is 4.90 Å². The fraction of sp³-hybridized carbons (Fsp3) is 0.333. The number of benzene rings is 2. The van der Waals surface area contributed by atoms with E-state index in [-0.39, 0.29) is 17.2 Å². The van der Waals surface area contributed by atoms with Gasteiger partial charge in [0.15, 0.2) is 0 Å². The first-order chi connectivity index (χ1) is 13.9. The first-order valence-corrected chi connectivity index (χ1v) is 9.39. The normalized spacial score (nSPS) is 14.3. The molecule has 1 heterocycles. The SMILES string of the molecule is CN(C)c1ccc(C(=O)O[C@H](C(=O)N2CCCC2)c2ccccc2)cc1[N+](=O)[O-]. The Morgan fingerprint density at radius 1 is 1.10 bits per heavy atom. The van der Waals surface area contributed by atoms with Crippen LogP contribution in [0.2, 0.25) is 0 Å². The number of amides is 1. The number of carbonyl (C=O) groups is 2. The van der Waals surface area contributed by atoms with E-state index < -0.39 is 17.0 Å². The van der Waals surface area contributed by atoms with Crippen molar-refractivity contribution in [3.63, 3.8) is 0 Å². The predicted molar refractivity (Wildman–Crippen MR) is 108 cm³/mol. The summed E-state index contributed by atoms with van der Waals surface area (Å²) in [6.45, 7) is 1.26. The van der Waals surface area contributed by atoms with Crippen LogP contribution in [0.15, 0.2) is 48.5 Å². The number of hydrogen-bond acceptors (Lipinski definition) is 6. The van der Waals surface area contributed by atoms with E-state index >= 15 is 0 Å². The zero-order valence-electron chi connectivity index (χ0n) is 16.4. The Morgan fingerprint density at radius 3 is 2.34 bits per heavy atom. The van der Waals surface area contributed by atoms with Gasteiger partial charge in [-0.25, -0.2) is 4.79 Å². The van der Waals surface area contributed by atoms with Crippen molar-refractivity contribution < 1.29 is 19.2 Å². The Bertz CT molecular complexity index is 908. The van der Waals surface area contributed by atoms with Gasteiger partial charge in [-0.3, -0.25) is 14.9 Å². The molecule has 0 unspecified atom stereocenters. The molecule has 3 rings (SSSR count). The van der Waals surface area contributed by atoms with Crippen LogP contribution in [0.25, 0.3) is 0 Å². The van der Waals surface area contributed by atoms with E-state index in [4.69, 9.17) is 4.74 Å². The Balaban J connectivity index is 1.89. The van der Waals surface area contributed by atoms with Crippen LogP contribution in [-0.2, 0) is 9.53 Å². The van der Waals surface area contributed by atoms with Gasteiger partial charge in [-0.15, -0.1) is 0 Å². The van der Waals surface area contributed by atoms with E-state index in [1.807, 2.05) is 6.07 Å². The molecule has 2 aromatic carbocycles. The Hall–Kier alpha value is -3.42. The third-order valence-corrected chi connectivity index (χ3v) is 4.86. The molecule has 1 aliphatic heterocycles. The molecule has 0 bridgehead atoms. The van der Waals surface area contributed by atoms with Crippen molar-refractivity contribution in [2.75, 3.05) is 32.1 Å². The standard InChI is InChI=1S/C21H23N3O5/c1-22(2)17-11-10-16(14-18(17)24(27)28)21(26)29-19(15-8-4-3-5-9-15)20(25)23-12-6-7-13-23/h3-5,8-11,14,19H,6-7,12-13H2,1-2H3/t19-/m0/s1. The molecular weight excluding hydrogens is 374 g/mol. The van der Waals surface area contributed by atoms with Crippen molar-refractivity contribution in [2.45, 2.75) is 18.9 Å². The van der Waals surface area contributed by atoms with Crippen LogP contribution in [0.3, 0.4) is 0 Å². The summed E-state index contributed by atoms with van der Waals surface area (Å²) < 4.78 is 5.57. The second-order valence-corrected chi connectivity index (χ2v) is 7.08. The summed E-state index contributed by atoms with van der Waals surface area (Å²) in [6, 6.07) is 12.9. The van der Waals surface area contributed by atoms with E-state index in [0.29, 0.717) is 24.3 Å². The van der Waals surface area contributed by atoms with Crippen LogP contribution in [0.4, 0.5) is 11.4 Å². The number of nitrogens with zero attached hydrogens (tertiary/aromatic N) is 3. The Labute approximate surface area is 168 Å². The van der Waals surface area contributed by atoms with Gasteiger partial charge in [-0.2, -0.15) is 0 Å². The van der Waals surface area contributed by atoms with Crippen LogP contribution in [0.5, 0.6) is 0 Å². The quantitative estimate of drug-likeness (QED) is 0.422. The summed E-state index contributed by atoms with van der Waals surface area (Å²) in [5, 5.41) is 11.4. The molecule has 0 N–H and O–H groups in total. The summed E-state index contributed by atoms with van der Waals surface area (Å²) in [5.74, 6) is -1.05. The zero-order valence-corrected chi connectivity index (χ0v) is 16.4. The molecule has 1 saturated heterocycles. The smallest absolute Gasteiger partial charge is 0.339 e. The van der Waals surface area contributed by atoms with Gasteiger partial charge in [-0.05, 0) is 25.0 Å². The van der Waals surface area contributed by atoms with Crippen molar-refractivity contribution in [3.05, 3.63) is 69.8 Å². The average Bonchev–Trinajstić information content (AvgIpc) is 3.26. The van der Waals surface area contributed by atoms with Crippen molar-refractivity contribution >= 4 is 23.3 Å². The van der Waals surface area contributed by atoms with Gasteiger partial charge < -0.3 is 14.5 Å². The molecule has 1 atom stereocenters. The number of likely N-dealkylation sites (tertiary alicyclic amines) is 1. The minimum Gasteiger partial charge on any atom is -0.444 e. The highest BCUT2D eigenvalue weighted by Gasteiger charge is 2.31. The number of hydrogen-bond donors (Lipinski definition) is 0. The van der Waals surface area contributed by atoms with Crippen LogP contribution in [0, 0.1) is 10.1 Å². The minimum atomic E-state index is -1.09. The molecule has 1 fully saturated rings. The number of rotatable bonds is 6. The van der Waals surface area contributed by atoms with Crippen LogP contribution < -0.4 is 4.90 Å². The number of nitro benzene ring substituents is 1. The highest BCUT2D eigenvalue weighted by molar-refractivity contribution is 5.94. The second-order valence-electron chi connectivity index (χ2n) is 7.08. The van der Waals surface area contributed by atoms with Crippen LogP contribution in [-0.4, -0.2) is 48.9 Å². The molecule has 0 spiro atoms. The molecule has 0 aromatic heterocycles. The minimum absolute atomic E-state index is 0.0254. The first kappa shape index (κ1) is 20.3. The molecule has 0 radical (unpaired) electrons. The summed E-state index contributed by atoms with van der Waals surface area (Å²) in [4.78, 5) is 39.9. The van der Waals surface area contributed by atoms with Crippen molar-refractivity contribution in [2.24, 2.45) is 0 Å². The fourth-order valence-corrected chi connectivity index (χ4v) is 3.34. The molecule has 2 aromatic rings. The number of ether oxygens (including phenoxy) is 1. The lowest BCUT2D eigenvalue weighted by Gasteiger charge is -2.23. The van der Waals surface area contributed by atoms with Crippen molar-refractivity contribution in [1.29, 1.82) is 0 Å². The summed E-state index contributed by atoms with van der Waals surface area (Å²) >= 11 is 0. The van der Waals surface area contributed by atoms with E-state index in [0.717, 1.165) is 12.8 Å². The van der Waals surface area contributed by atoms with Crippen molar-refractivity contribution in [3.8, 4) is 0 Å². The molecule has 0 saturated carbocycles. The van der Waals surface area contributed by atoms with Gasteiger partial charge >= 0.3 is 5.97 Å². The highest BCUT2D eigenvalue weighted by Crippen LogP contribution is 2.29. The average molecular weight is 397 g/mol. The van der Waals surface area contributed by atoms with E-state index in [9.17, 15) is 19.7 Å². The molecule has 1 amide bonds. The molecule has 152 valence electrons. The Kier molecular flexibility index (Phi) is 6.11. The lowest BCUT2D eigenvalue weighted by Crippen LogP contribution is -2.34. The van der Waals surface area contributed by atoms with Crippen LogP contribution >= 0.6 is 0 Å². The van der Waals surface area contributed by atoms with E-state index in [1.54, 1.807) is 48.2 Å². The maximum absolute atomic E-state index is 13.0. The molecule has 1 aliphatic rings. The lowest BCUT2D eigenvalue weighted by molar-refractivity contribution is -0.384. The van der Waals surface area contributed by atoms with E-state index in [2.05, 4.69) is 0 Å². The fourth-order valence-electron chi connectivity index (χ4n) is 3.34. The maximum atomic E-state index is 13.0. The molecule has 29 heavy (non-hydrogen) atoms. The van der Waals surface area contributed by atoms with Gasteiger partial charge in [0, 0.05) is 38.8 Å². The number of anilines is 1. The molecule has 0 aliphatic carbocycles. The van der Waals surface area contributed by atoms with Gasteiger partial charge in [0.1, 0.15) is 5.69 Å². The number of nitro groups is 1. The monoisotopic (exact) mass is 397 g/mol. The predicted octanol–water partition coefficient (Wildman–Crippen LogP) is 3.18. The highest BCUT2D eigenvalue weighted by atomic mass is 16.6.